The number of aryl methyl sites for hydroxylation is 2. The predicted octanol–water partition coefficient (Wildman–Crippen LogP) is 1.86. The lowest BCUT2D eigenvalue weighted by atomic mass is 10.1. The maximum absolute atomic E-state index is 5.83. The van der Waals surface area contributed by atoms with Crippen LogP contribution in [0.2, 0.25) is 0 Å². The van der Waals surface area contributed by atoms with Crippen LogP contribution in [-0.2, 0) is 13.6 Å². The summed E-state index contributed by atoms with van der Waals surface area (Å²) in [5.74, 6) is 0.555. The van der Waals surface area contributed by atoms with Crippen molar-refractivity contribution in [3.05, 3.63) is 35.5 Å². The van der Waals surface area contributed by atoms with Crippen LogP contribution >= 0.6 is 0 Å². The number of aliphatic imine (C=N–C) groups is 1. The summed E-state index contributed by atoms with van der Waals surface area (Å²) < 4.78 is 2.19. The molecule has 0 bridgehead atoms. The van der Waals surface area contributed by atoms with Crippen molar-refractivity contribution in [2.45, 2.75) is 13.5 Å². The molecule has 0 fully saturated rings. The van der Waals surface area contributed by atoms with Gasteiger partial charge >= 0.3 is 0 Å². The molecule has 0 spiro atoms. The van der Waals surface area contributed by atoms with Crippen LogP contribution in [0.15, 0.2) is 29.3 Å². The van der Waals surface area contributed by atoms with Gasteiger partial charge in [0.15, 0.2) is 5.96 Å². The zero-order chi connectivity index (χ0) is 13.3. The molecule has 0 radical (unpaired) electrons. The van der Waals surface area contributed by atoms with E-state index in [1.54, 1.807) is 0 Å². The zero-order valence-corrected chi connectivity index (χ0v) is 11.4. The number of nitrogens with zero attached hydrogens (tertiary/aromatic N) is 3. The van der Waals surface area contributed by atoms with Crippen LogP contribution in [0.5, 0.6) is 0 Å². The normalized spacial score (nSPS) is 12.1. The fraction of sp³-hybridized carbons (Fsp3) is 0.357. The van der Waals surface area contributed by atoms with E-state index >= 15 is 0 Å². The number of hydrogen-bond donors (Lipinski definition) is 1. The summed E-state index contributed by atoms with van der Waals surface area (Å²) in [7, 11) is 5.87. The molecule has 4 heteroatoms. The maximum atomic E-state index is 5.83. The molecule has 1 aromatic carbocycles. The Bertz CT molecular complexity index is 554. The van der Waals surface area contributed by atoms with Crippen molar-refractivity contribution in [1.82, 2.24) is 9.47 Å². The Morgan fingerprint density at radius 2 is 2.00 bits per heavy atom. The summed E-state index contributed by atoms with van der Waals surface area (Å²) in [4.78, 5) is 6.23. The number of fused-ring (bicyclic) bond motifs is 1. The van der Waals surface area contributed by atoms with Crippen LogP contribution in [0.3, 0.4) is 0 Å². The van der Waals surface area contributed by atoms with Crippen LogP contribution < -0.4 is 5.73 Å². The van der Waals surface area contributed by atoms with E-state index in [1.165, 1.54) is 22.2 Å². The fourth-order valence-electron chi connectivity index (χ4n) is 2.16. The van der Waals surface area contributed by atoms with Crippen molar-refractivity contribution < 1.29 is 0 Å². The monoisotopic (exact) mass is 244 g/mol. The first kappa shape index (κ1) is 12.5. The molecule has 0 atom stereocenters. The molecule has 4 nitrogen and oxygen atoms in total. The Morgan fingerprint density at radius 3 is 2.61 bits per heavy atom. The third-order valence-electron chi connectivity index (χ3n) is 3.36. The second kappa shape index (κ2) is 4.72. The SMILES string of the molecule is Cc1c(CN=C(N)N(C)C)n(C)c2ccccc12. The van der Waals surface area contributed by atoms with Crippen molar-refractivity contribution in [3.8, 4) is 0 Å². The Hall–Kier alpha value is -1.97. The molecular weight excluding hydrogens is 224 g/mol. The lowest BCUT2D eigenvalue weighted by Gasteiger charge is -2.11. The summed E-state index contributed by atoms with van der Waals surface area (Å²) in [6.07, 6.45) is 0. The molecule has 1 aromatic heterocycles. The average molecular weight is 244 g/mol. The molecule has 2 N–H and O–H groups in total. The number of nitrogens with two attached hydrogens (primary N) is 1. The predicted molar refractivity (Wildman–Crippen MR) is 76.7 cm³/mol. The van der Waals surface area contributed by atoms with E-state index in [0.29, 0.717) is 12.5 Å². The topological polar surface area (TPSA) is 46.5 Å². The quantitative estimate of drug-likeness (QED) is 0.647. The Balaban J connectivity index is 2.43. The molecule has 2 aromatic rings. The van der Waals surface area contributed by atoms with Gasteiger partial charge in [-0.2, -0.15) is 0 Å². The number of para-hydroxylation sites is 1. The number of hydrogen-bond acceptors (Lipinski definition) is 1. The first-order valence-corrected chi connectivity index (χ1v) is 6.02. The number of guanidine groups is 1. The van der Waals surface area contributed by atoms with Gasteiger partial charge in [0.25, 0.3) is 0 Å². The largest absolute Gasteiger partial charge is 0.370 e. The van der Waals surface area contributed by atoms with Gasteiger partial charge in [0.05, 0.1) is 6.54 Å². The summed E-state index contributed by atoms with van der Waals surface area (Å²) in [5.41, 5.74) is 9.56. The first-order valence-electron chi connectivity index (χ1n) is 6.02. The van der Waals surface area contributed by atoms with E-state index in [9.17, 15) is 0 Å². The number of benzene rings is 1. The lowest BCUT2D eigenvalue weighted by molar-refractivity contribution is 0.608. The van der Waals surface area contributed by atoms with Crippen LogP contribution in [0.25, 0.3) is 10.9 Å². The van der Waals surface area contributed by atoms with Crippen molar-refractivity contribution in [1.29, 1.82) is 0 Å². The summed E-state index contributed by atoms with van der Waals surface area (Å²) in [6, 6.07) is 8.40. The van der Waals surface area contributed by atoms with Crippen molar-refractivity contribution in [2.24, 2.45) is 17.8 Å². The molecule has 2 rings (SSSR count). The molecule has 0 unspecified atom stereocenters. The van der Waals surface area contributed by atoms with E-state index < -0.39 is 0 Å². The Labute approximate surface area is 108 Å². The molecule has 1 heterocycles. The van der Waals surface area contributed by atoms with E-state index in [-0.39, 0.29) is 0 Å². The van der Waals surface area contributed by atoms with Crippen LogP contribution in [0, 0.1) is 6.92 Å². The van der Waals surface area contributed by atoms with Crippen LogP contribution in [0.1, 0.15) is 11.3 Å². The lowest BCUT2D eigenvalue weighted by Crippen LogP contribution is -2.30. The van der Waals surface area contributed by atoms with Gasteiger partial charge in [0, 0.05) is 37.7 Å². The molecule has 96 valence electrons. The third kappa shape index (κ3) is 2.06. The maximum Gasteiger partial charge on any atom is 0.191 e. The van der Waals surface area contributed by atoms with Gasteiger partial charge in [-0.1, -0.05) is 18.2 Å². The van der Waals surface area contributed by atoms with Crippen LogP contribution in [0.4, 0.5) is 0 Å². The van der Waals surface area contributed by atoms with Gasteiger partial charge in [-0.15, -0.1) is 0 Å². The van der Waals surface area contributed by atoms with Gasteiger partial charge in [-0.3, -0.25) is 0 Å². The minimum atomic E-state index is 0.555. The molecule has 0 aliphatic rings. The minimum absolute atomic E-state index is 0.555. The fourth-order valence-corrected chi connectivity index (χ4v) is 2.16. The summed E-state index contributed by atoms with van der Waals surface area (Å²) in [5, 5.41) is 1.29. The zero-order valence-electron chi connectivity index (χ0n) is 11.4. The van der Waals surface area contributed by atoms with Gasteiger partial charge < -0.3 is 15.2 Å². The highest BCUT2D eigenvalue weighted by Crippen LogP contribution is 2.24. The standard InChI is InChI=1S/C14H20N4/c1-10-11-7-5-6-8-12(11)18(4)13(10)9-16-14(15)17(2)3/h5-8H,9H2,1-4H3,(H2,15,16). The van der Waals surface area contributed by atoms with Crippen LogP contribution in [-0.4, -0.2) is 29.5 Å². The van der Waals surface area contributed by atoms with Crippen molar-refractivity contribution >= 4 is 16.9 Å². The molecule has 0 saturated carbocycles. The molecule has 0 saturated heterocycles. The van der Waals surface area contributed by atoms with E-state index in [4.69, 9.17) is 5.73 Å². The summed E-state index contributed by atoms with van der Waals surface area (Å²) in [6.45, 7) is 2.75. The van der Waals surface area contributed by atoms with Crippen molar-refractivity contribution in [3.63, 3.8) is 0 Å². The van der Waals surface area contributed by atoms with Crippen molar-refractivity contribution in [2.75, 3.05) is 14.1 Å². The van der Waals surface area contributed by atoms with E-state index in [2.05, 4.69) is 47.8 Å². The molecular formula is C14H20N4. The highest BCUT2D eigenvalue weighted by Gasteiger charge is 2.10. The Kier molecular flexibility index (Phi) is 3.28. The highest BCUT2D eigenvalue weighted by molar-refractivity contribution is 5.85. The van der Waals surface area contributed by atoms with E-state index in [1.807, 2.05) is 19.0 Å². The van der Waals surface area contributed by atoms with Gasteiger partial charge in [0.1, 0.15) is 0 Å². The molecule has 0 aliphatic carbocycles. The highest BCUT2D eigenvalue weighted by atomic mass is 15.2. The molecule has 0 amide bonds. The smallest absolute Gasteiger partial charge is 0.191 e. The Morgan fingerprint density at radius 1 is 1.33 bits per heavy atom. The number of aromatic nitrogens is 1. The molecule has 18 heavy (non-hydrogen) atoms. The second-order valence-corrected chi connectivity index (χ2v) is 4.72. The average Bonchev–Trinajstić information content (AvgIpc) is 2.60. The first-order chi connectivity index (χ1) is 8.52. The van der Waals surface area contributed by atoms with Gasteiger partial charge in [-0.25, -0.2) is 4.99 Å². The van der Waals surface area contributed by atoms with Gasteiger partial charge in [-0.05, 0) is 18.6 Å². The third-order valence-corrected chi connectivity index (χ3v) is 3.36. The van der Waals surface area contributed by atoms with Gasteiger partial charge in [0.2, 0.25) is 0 Å². The summed E-state index contributed by atoms with van der Waals surface area (Å²) >= 11 is 0. The number of rotatable bonds is 2. The minimum Gasteiger partial charge on any atom is -0.370 e. The van der Waals surface area contributed by atoms with E-state index in [0.717, 1.165) is 0 Å². The second-order valence-electron chi connectivity index (χ2n) is 4.72. The molecule has 0 aliphatic heterocycles.